The summed E-state index contributed by atoms with van der Waals surface area (Å²) >= 11 is 0. The SMILES string of the molecule is Cc1n[nH]c(C)c1S(=O)(=O)N[C@@H]1CCC[C@@H]1CN. The number of nitrogens with two attached hydrogens (primary N) is 1. The number of rotatable bonds is 4. The third-order valence-electron chi connectivity index (χ3n) is 3.60. The first kappa shape index (κ1) is 13.5. The third-order valence-corrected chi connectivity index (χ3v) is 5.35. The zero-order chi connectivity index (χ0) is 13.3. The molecular formula is C11H20N4O2S. The van der Waals surface area contributed by atoms with Crippen molar-refractivity contribution in [2.45, 2.75) is 44.0 Å². The molecule has 0 aromatic carbocycles. The lowest BCUT2D eigenvalue weighted by atomic mass is 10.1. The van der Waals surface area contributed by atoms with E-state index in [0.717, 1.165) is 19.3 Å². The standard InChI is InChI=1S/C11H20N4O2S/c1-7-11(8(2)14-13-7)18(16,17)15-10-5-3-4-9(10)6-12/h9-10,15H,3-6,12H2,1-2H3,(H,13,14)/t9-,10-/m1/s1. The van der Waals surface area contributed by atoms with E-state index in [-0.39, 0.29) is 16.9 Å². The summed E-state index contributed by atoms with van der Waals surface area (Å²) in [5, 5.41) is 6.63. The van der Waals surface area contributed by atoms with E-state index in [9.17, 15) is 8.42 Å². The van der Waals surface area contributed by atoms with Crippen molar-refractivity contribution in [1.29, 1.82) is 0 Å². The monoisotopic (exact) mass is 272 g/mol. The summed E-state index contributed by atoms with van der Waals surface area (Å²) in [6.45, 7) is 3.92. The van der Waals surface area contributed by atoms with Gasteiger partial charge in [0.15, 0.2) is 0 Å². The van der Waals surface area contributed by atoms with Crippen LogP contribution >= 0.6 is 0 Å². The molecule has 1 saturated carbocycles. The van der Waals surface area contributed by atoms with Crippen molar-refractivity contribution < 1.29 is 8.42 Å². The first-order valence-corrected chi connectivity index (χ1v) is 7.68. The van der Waals surface area contributed by atoms with Gasteiger partial charge in [0.05, 0.1) is 11.4 Å². The normalized spacial score (nSPS) is 24.6. The fraction of sp³-hybridized carbons (Fsp3) is 0.727. The summed E-state index contributed by atoms with van der Waals surface area (Å²) in [6, 6.07) is -0.0475. The van der Waals surface area contributed by atoms with Crippen LogP contribution in [0.1, 0.15) is 30.7 Å². The van der Waals surface area contributed by atoms with Crippen molar-refractivity contribution in [3.63, 3.8) is 0 Å². The van der Waals surface area contributed by atoms with E-state index in [1.807, 2.05) is 0 Å². The van der Waals surface area contributed by atoms with E-state index in [2.05, 4.69) is 14.9 Å². The van der Waals surface area contributed by atoms with Crippen molar-refractivity contribution in [2.24, 2.45) is 11.7 Å². The minimum atomic E-state index is -3.50. The maximum absolute atomic E-state index is 12.3. The van der Waals surface area contributed by atoms with Crippen molar-refractivity contribution in [2.75, 3.05) is 6.54 Å². The fourth-order valence-electron chi connectivity index (χ4n) is 2.67. The van der Waals surface area contributed by atoms with Gasteiger partial charge in [-0.2, -0.15) is 5.10 Å². The number of sulfonamides is 1. The number of H-pyrrole nitrogens is 1. The third kappa shape index (κ3) is 2.43. The van der Waals surface area contributed by atoms with Crippen molar-refractivity contribution in [3.05, 3.63) is 11.4 Å². The van der Waals surface area contributed by atoms with E-state index in [1.54, 1.807) is 13.8 Å². The number of nitrogens with zero attached hydrogens (tertiary/aromatic N) is 1. The minimum absolute atomic E-state index is 0.0475. The van der Waals surface area contributed by atoms with Crippen LogP contribution in [0, 0.1) is 19.8 Å². The largest absolute Gasteiger partial charge is 0.330 e. The van der Waals surface area contributed by atoms with Gasteiger partial charge in [-0.3, -0.25) is 5.10 Å². The molecule has 1 aliphatic rings. The summed E-state index contributed by atoms with van der Waals surface area (Å²) in [5.41, 5.74) is 6.74. The van der Waals surface area contributed by atoms with Gasteiger partial charge in [0, 0.05) is 6.04 Å². The molecule has 0 radical (unpaired) electrons. The molecule has 6 nitrogen and oxygen atoms in total. The van der Waals surface area contributed by atoms with Crippen molar-refractivity contribution >= 4 is 10.0 Å². The number of aromatic amines is 1. The summed E-state index contributed by atoms with van der Waals surface area (Å²) in [4.78, 5) is 0.269. The van der Waals surface area contributed by atoms with Gasteiger partial charge >= 0.3 is 0 Å². The Bertz CT molecular complexity index is 504. The molecule has 1 aliphatic carbocycles. The number of aryl methyl sites for hydroxylation is 2. The van der Waals surface area contributed by atoms with E-state index in [4.69, 9.17) is 5.73 Å². The van der Waals surface area contributed by atoms with Crippen LogP contribution in [-0.2, 0) is 10.0 Å². The maximum Gasteiger partial charge on any atom is 0.244 e. The molecule has 0 aliphatic heterocycles. The molecule has 0 bridgehead atoms. The molecule has 0 spiro atoms. The highest BCUT2D eigenvalue weighted by atomic mass is 32.2. The van der Waals surface area contributed by atoms with Crippen LogP contribution in [0.5, 0.6) is 0 Å². The summed E-state index contributed by atoms with van der Waals surface area (Å²) in [6.07, 6.45) is 2.88. The van der Waals surface area contributed by atoms with Crippen LogP contribution in [0.2, 0.25) is 0 Å². The molecule has 0 unspecified atom stereocenters. The summed E-state index contributed by atoms with van der Waals surface area (Å²) in [5.74, 6) is 0.243. The average molecular weight is 272 g/mol. The Morgan fingerprint density at radius 1 is 1.44 bits per heavy atom. The van der Waals surface area contributed by atoms with Crippen LogP contribution in [-0.4, -0.2) is 31.2 Å². The van der Waals surface area contributed by atoms with E-state index < -0.39 is 10.0 Å². The minimum Gasteiger partial charge on any atom is -0.330 e. The number of aromatic nitrogens is 2. The predicted molar refractivity (Wildman–Crippen MR) is 68.6 cm³/mol. The Kier molecular flexibility index (Phi) is 3.74. The van der Waals surface area contributed by atoms with Gasteiger partial charge in [-0.25, -0.2) is 13.1 Å². The number of hydrogen-bond acceptors (Lipinski definition) is 4. The predicted octanol–water partition coefficient (Wildman–Crippen LogP) is 0.432. The zero-order valence-electron chi connectivity index (χ0n) is 10.7. The molecule has 1 heterocycles. The zero-order valence-corrected chi connectivity index (χ0v) is 11.5. The van der Waals surface area contributed by atoms with E-state index in [1.165, 1.54) is 0 Å². The van der Waals surface area contributed by atoms with Gasteiger partial charge in [-0.1, -0.05) is 6.42 Å². The Hall–Kier alpha value is -0.920. The first-order valence-electron chi connectivity index (χ1n) is 6.19. The van der Waals surface area contributed by atoms with Gasteiger partial charge in [-0.15, -0.1) is 0 Å². The Morgan fingerprint density at radius 2 is 2.17 bits per heavy atom. The molecule has 2 rings (SSSR count). The topological polar surface area (TPSA) is 101 Å². The van der Waals surface area contributed by atoms with Crippen molar-refractivity contribution in [3.8, 4) is 0 Å². The van der Waals surface area contributed by atoms with Crippen LogP contribution in [0.3, 0.4) is 0 Å². The van der Waals surface area contributed by atoms with Gasteiger partial charge in [0.2, 0.25) is 10.0 Å². The first-order chi connectivity index (χ1) is 8.45. The van der Waals surface area contributed by atoms with E-state index in [0.29, 0.717) is 17.9 Å². The highest BCUT2D eigenvalue weighted by Crippen LogP contribution is 2.27. The Labute approximate surface area is 107 Å². The molecule has 7 heteroatoms. The smallest absolute Gasteiger partial charge is 0.244 e. The van der Waals surface area contributed by atoms with Gasteiger partial charge in [0.1, 0.15) is 4.90 Å². The fourth-order valence-corrected chi connectivity index (χ4v) is 4.38. The molecule has 1 aromatic heterocycles. The molecule has 1 fully saturated rings. The number of hydrogen-bond donors (Lipinski definition) is 3. The lowest BCUT2D eigenvalue weighted by Crippen LogP contribution is -2.40. The highest BCUT2D eigenvalue weighted by Gasteiger charge is 2.32. The second-order valence-corrected chi connectivity index (χ2v) is 6.57. The maximum atomic E-state index is 12.3. The van der Waals surface area contributed by atoms with E-state index >= 15 is 0 Å². The quantitative estimate of drug-likeness (QED) is 0.740. The molecule has 0 saturated heterocycles. The van der Waals surface area contributed by atoms with Crippen LogP contribution in [0.4, 0.5) is 0 Å². The van der Waals surface area contributed by atoms with Gasteiger partial charge in [0.25, 0.3) is 0 Å². The van der Waals surface area contributed by atoms with Crippen LogP contribution < -0.4 is 10.5 Å². The molecule has 4 N–H and O–H groups in total. The molecule has 2 atom stereocenters. The van der Waals surface area contributed by atoms with Crippen LogP contribution in [0.15, 0.2) is 4.90 Å². The molecule has 18 heavy (non-hydrogen) atoms. The summed E-state index contributed by atoms with van der Waals surface area (Å²) < 4.78 is 27.5. The lowest BCUT2D eigenvalue weighted by molar-refractivity contribution is 0.452. The Balaban J connectivity index is 2.23. The summed E-state index contributed by atoms with van der Waals surface area (Å²) in [7, 11) is -3.50. The second kappa shape index (κ2) is 4.99. The lowest BCUT2D eigenvalue weighted by Gasteiger charge is -2.19. The highest BCUT2D eigenvalue weighted by molar-refractivity contribution is 7.89. The molecule has 0 amide bonds. The number of nitrogens with one attached hydrogen (secondary N) is 2. The molecule has 1 aromatic rings. The second-order valence-electron chi connectivity index (χ2n) is 4.92. The molecular weight excluding hydrogens is 252 g/mol. The van der Waals surface area contributed by atoms with Gasteiger partial charge in [-0.05, 0) is 39.2 Å². The van der Waals surface area contributed by atoms with Crippen molar-refractivity contribution in [1.82, 2.24) is 14.9 Å². The van der Waals surface area contributed by atoms with Crippen LogP contribution in [0.25, 0.3) is 0 Å². The molecule has 102 valence electrons. The Morgan fingerprint density at radius 3 is 2.72 bits per heavy atom. The average Bonchev–Trinajstić information content (AvgIpc) is 2.85. The van der Waals surface area contributed by atoms with Gasteiger partial charge < -0.3 is 5.73 Å².